The minimum absolute atomic E-state index is 0.0812. The van der Waals surface area contributed by atoms with Gasteiger partial charge in [-0.15, -0.1) is 0 Å². The largest absolute Gasteiger partial charge is 0.277 e. The van der Waals surface area contributed by atoms with Crippen molar-refractivity contribution in [2.45, 2.75) is 32.6 Å². The molecule has 2 heteroatoms. The van der Waals surface area contributed by atoms with Crippen LogP contribution in [0.2, 0.25) is 0 Å². The van der Waals surface area contributed by atoms with Crippen molar-refractivity contribution in [3.8, 4) is 0 Å². The van der Waals surface area contributed by atoms with E-state index in [1.165, 1.54) is 17.7 Å². The van der Waals surface area contributed by atoms with Gasteiger partial charge in [-0.3, -0.25) is 0 Å². The summed E-state index contributed by atoms with van der Waals surface area (Å²) in [7, 11) is 0. The molecule has 2 aromatic rings. The molecular formula is C17H18F2. The highest BCUT2D eigenvalue weighted by atomic mass is 19.3. The monoisotopic (exact) mass is 260 g/mol. The average molecular weight is 260 g/mol. The molecule has 0 fully saturated rings. The Hall–Kier alpha value is -1.70. The lowest BCUT2D eigenvalue weighted by Crippen LogP contribution is -2.16. The summed E-state index contributed by atoms with van der Waals surface area (Å²) in [6, 6.07) is 13.9. The molecule has 0 spiro atoms. The van der Waals surface area contributed by atoms with Gasteiger partial charge in [-0.1, -0.05) is 61.0 Å². The minimum atomic E-state index is -2.82. The molecule has 0 heterocycles. The van der Waals surface area contributed by atoms with E-state index in [1.54, 1.807) is 24.3 Å². The number of alkyl halides is 2. The van der Waals surface area contributed by atoms with Crippen LogP contribution in [0, 0.1) is 6.92 Å². The normalized spacial score (nSPS) is 11.6. The molecule has 0 N–H and O–H groups in total. The maximum absolute atomic E-state index is 14.2. The molecule has 0 unspecified atom stereocenters. The van der Waals surface area contributed by atoms with Crippen molar-refractivity contribution in [3.63, 3.8) is 0 Å². The third-order valence-corrected chi connectivity index (χ3v) is 3.33. The van der Waals surface area contributed by atoms with Crippen LogP contribution in [0.15, 0.2) is 48.5 Å². The van der Waals surface area contributed by atoms with Crippen LogP contribution in [0.4, 0.5) is 8.78 Å². The van der Waals surface area contributed by atoms with E-state index in [9.17, 15) is 8.78 Å². The number of halogens is 2. The summed E-state index contributed by atoms with van der Waals surface area (Å²) in [5.74, 6) is -2.82. The molecule has 0 saturated carbocycles. The van der Waals surface area contributed by atoms with Gasteiger partial charge in [0.15, 0.2) is 0 Å². The second-order valence-electron chi connectivity index (χ2n) is 4.92. The molecule has 0 nitrogen and oxygen atoms in total. The summed E-state index contributed by atoms with van der Waals surface area (Å²) < 4.78 is 28.3. The molecule has 0 aromatic heterocycles. The van der Waals surface area contributed by atoms with Crippen molar-refractivity contribution in [3.05, 3.63) is 70.8 Å². The fraction of sp³-hybridized carbons (Fsp3) is 0.294. The van der Waals surface area contributed by atoms with Crippen LogP contribution in [0.5, 0.6) is 0 Å². The van der Waals surface area contributed by atoms with Crippen LogP contribution < -0.4 is 0 Å². The van der Waals surface area contributed by atoms with Gasteiger partial charge in [-0.25, -0.2) is 8.78 Å². The van der Waals surface area contributed by atoms with E-state index >= 15 is 0 Å². The van der Waals surface area contributed by atoms with Gasteiger partial charge >= 0.3 is 0 Å². The van der Waals surface area contributed by atoms with Crippen LogP contribution in [0.25, 0.3) is 0 Å². The van der Waals surface area contributed by atoms with E-state index in [0.29, 0.717) is 5.56 Å². The molecule has 2 rings (SSSR count). The molecule has 0 radical (unpaired) electrons. The molecule has 0 saturated heterocycles. The summed E-state index contributed by atoms with van der Waals surface area (Å²) in [4.78, 5) is 0. The first-order valence-corrected chi connectivity index (χ1v) is 6.54. The van der Waals surface area contributed by atoms with Gasteiger partial charge in [-0.2, -0.15) is 0 Å². The quantitative estimate of drug-likeness (QED) is 0.734. The summed E-state index contributed by atoms with van der Waals surface area (Å²) in [5.41, 5.74) is 2.91. The van der Waals surface area contributed by atoms with Crippen LogP contribution in [0.1, 0.15) is 29.2 Å². The van der Waals surface area contributed by atoms with E-state index in [-0.39, 0.29) is 12.0 Å². The molecule has 100 valence electrons. The highest BCUT2D eigenvalue weighted by Crippen LogP contribution is 2.32. The fourth-order valence-electron chi connectivity index (χ4n) is 2.05. The number of hydrogen-bond donors (Lipinski definition) is 0. The van der Waals surface area contributed by atoms with Gasteiger partial charge in [0, 0.05) is 12.0 Å². The Morgan fingerprint density at radius 1 is 0.842 bits per heavy atom. The number of benzene rings is 2. The van der Waals surface area contributed by atoms with Gasteiger partial charge in [-0.05, 0) is 24.5 Å². The first kappa shape index (κ1) is 13.7. The van der Waals surface area contributed by atoms with Crippen molar-refractivity contribution in [2.75, 3.05) is 0 Å². The second kappa shape index (κ2) is 5.52. The van der Waals surface area contributed by atoms with E-state index in [2.05, 4.69) is 6.92 Å². The standard InChI is InChI=1S/C17H18F2/c1-3-14-6-8-15(9-7-14)12-17(18,19)16-10-4-13(2)5-11-16/h4-11H,3,12H2,1-2H3. The Kier molecular flexibility index (Phi) is 3.98. The second-order valence-corrected chi connectivity index (χ2v) is 4.92. The van der Waals surface area contributed by atoms with E-state index < -0.39 is 5.92 Å². The van der Waals surface area contributed by atoms with Crippen LogP contribution in [-0.4, -0.2) is 0 Å². The van der Waals surface area contributed by atoms with Crippen LogP contribution >= 0.6 is 0 Å². The molecule has 0 bridgehead atoms. The minimum Gasteiger partial charge on any atom is -0.201 e. The van der Waals surface area contributed by atoms with Crippen molar-refractivity contribution in [2.24, 2.45) is 0 Å². The molecule has 2 aromatic carbocycles. The molecule has 19 heavy (non-hydrogen) atoms. The van der Waals surface area contributed by atoms with Gasteiger partial charge in [0.05, 0.1) is 0 Å². The zero-order valence-corrected chi connectivity index (χ0v) is 11.3. The van der Waals surface area contributed by atoms with E-state index in [1.807, 2.05) is 19.1 Å². The van der Waals surface area contributed by atoms with E-state index in [4.69, 9.17) is 0 Å². The SMILES string of the molecule is CCc1ccc(CC(F)(F)c2ccc(C)cc2)cc1. The van der Waals surface area contributed by atoms with Gasteiger partial charge in [0.2, 0.25) is 0 Å². The van der Waals surface area contributed by atoms with Gasteiger partial charge in [0.1, 0.15) is 0 Å². The zero-order chi connectivity index (χ0) is 13.9. The molecular weight excluding hydrogens is 242 g/mol. The average Bonchev–Trinajstić information content (AvgIpc) is 2.40. The lowest BCUT2D eigenvalue weighted by Gasteiger charge is -2.17. The Balaban J connectivity index is 2.17. The highest BCUT2D eigenvalue weighted by molar-refractivity contribution is 5.29. The maximum atomic E-state index is 14.2. The topological polar surface area (TPSA) is 0 Å². The van der Waals surface area contributed by atoms with E-state index in [0.717, 1.165) is 12.0 Å². The lowest BCUT2D eigenvalue weighted by molar-refractivity contribution is -0.00383. The number of rotatable bonds is 4. The number of aryl methyl sites for hydroxylation is 2. The summed E-state index contributed by atoms with van der Waals surface area (Å²) in [6.45, 7) is 3.95. The Bertz CT molecular complexity index is 524. The first-order chi connectivity index (χ1) is 9.01. The van der Waals surface area contributed by atoms with Crippen molar-refractivity contribution < 1.29 is 8.78 Å². The Morgan fingerprint density at radius 2 is 1.37 bits per heavy atom. The van der Waals surface area contributed by atoms with Crippen molar-refractivity contribution >= 4 is 0 Å². The zero-order valence-electron chi connectivity index (χ0n) is 11.3. The molecule has 0 aliphatic heterocycles. The molecule has 0 amide bonds. The first-order valence-electron chi connectivity index (χ1n) is 6.54. The Morgan fingerprint density at radius 3 is 1.89 bits per heavy atom. The highest BCUT2D eigenvalue weighted by Gasteiger charge is 2.31. The summed E-state index contributed by atoms with van der Waals surface area (Å²) in [6.07, 6.45) is 0.675. The predicted octanol–water partition coefficient (Wildman–Crippen LogP) is 4.89. The Labute approximate surface area is 113 Å². The van der Waals surface area contributed by atoms with Crippen molar-refractivity contribution in [1.29, 1.82) is 0 Å². The smallest absolute Gasteiger partial charge is 0.201 e. The molecule has 0 atom stereocenters. The number of hydrogen-bond acceptors (Lipinski definition) is 0. The van der Waals surface area contributed by atoms with Crippen LogP contribution in [0.3, 0.4) is 0 Å². The predicted molar refractivity (Wildman–Crippen MR) is 74.6 cm³/mol. The van der Waals surface area contributed by atoms with Gasteiger partial charge < -0.3 is 0 Å². The summed E-state index contributed by atoms with van der Waals surface area (Å²) >= 11 is 0. The summed E-state index contributed by atoms with van der Waals surface area (Å²) in [5, 5.41) is 0. The van der Waals surface area contributed by atoms with Crippen LogP contribution in [-0.2, 0) is 18.8 Å². The maximum Gasteiger partial charge on any atom is 0.277 e. The van der Waals surface area contributed by atoms with Gasteiger partial charge in [0.25, 0.3) is 5.92 Å². The van der Waals surface area contributed by atoms with Crippen molar-refractivity contribution in [1.82, 2.24) is 0 Å². The lowest BCUT2D eigenvalue weighted by atomic mass is 9.98. The third kappa shape index (κ3) is 3.40. The molecule has 0 aliphatic carbocycles. The fourth-order valence-corrected chi connectivity index (χ4v) is 2.05. The third-order valence-electron chi connectivity index (χ3n) is 3.33. The molecule has 0 aliphatic rings.